The summed E-state index contributed by atoms with van der Waals surface area (Å²) in [5.41, 5.74) is 0.518. The maximum atomic E-state index is 12.7. The van der Waals surface area contributed by atoms with Crippen LogP contribution in [0.15, 0.2) is 47.5 Å². The molecule has 0 saturated carbocycles. The van der Waals surface area contributed by atoms with Crippen molar-refractivity contribution in [2.45, 2.75) is 26.3 Å². The monoisotopic (exact) mass is 340 g/mol. The van der Waals surface area contributed by atoms with Gasteiger partial charge in [0.15, 0.2) is 5.82 Å². The number of anilines is 1. The molecule has 1 aromatic carbocycles. The fourth-order valence-electron chi connectivity index (χ4n) is 3.12. The van der Waals surface area contributed by atoms with Crippen molar-refractivity contribution >= 4 is 11.7 Å². The number of rotatable bonds is 4. The van der Waals surface area contributed by atoms with Crippen molar-refractivity contribution in [3.05, 3.63) is 58.6 Å². The molecule has 132 valence electrons. The number of amides is 1. The normalized spacial score (nSPS) is 17.2. The Morgan fingerprint density at radius 2 is 1.92 bits per heavy atom. The minimum atomic E-state index is -0.476. The Hall–Kier alpha value is -2.47. The van der Waals surface area contributed by atoms with E-state index < -0.39 is 5.41 Å². The molecule has 3 rings (SSSR count). The van der Waals surface area contributed by atoms with Crippen LogP contribution in [0.25, 0.3) is 0 Å². The van der Waals surface area contributed by atoms with Crippen LogP contribution < -0.4 is 10.9 Å². The third kappa shape index (κ3) is 3.96. The number of nitrogens with one attached hydrogen (secondary N) is 1. The lowest BCUT2D eigenvalue weighted by Gasteiger charge is -2.38. The summed E-state index contributed by atoms with van der Waals surface area (Å²) in [7, 11) is 1.64. The molecule has 1 N–H and O–H groups in total. The molecular formula is C19H24N4O2. The smallest absolute Gasteiger partial charge is 0.293 e. The molecule has 0 unspecified atom stereocenters. The fourth-order valence-corrected chi connectivity index (χ4v) is 3.12. The van der Waals surface area contributed by atoms with E-state index in [-0.39, 0.29) is 17.3 Å². The minimum Gasteiger partial charge on any atom is -0.314 e. The van der Waals surface area contributed by atoms with Crippen LogP contribution in [0, 0.1) is 5.41 Å². The van der Waals surface area contributed by atoms with Gasteiger partial charge < -0.3 is 9.88 Å². The van der Waals surface area contributed by atoms with Crippen LogP contribution >= 0.6 is 0 Å². The summed E-state index contributed by atoms with van der Waals surface area (Å²) in [6.07, 6.45) is 4.61. The summed E-state index contributed by atoms with van der Waals surface area (Å²) in [4.78, 5) is 31.1. The summed E-state index contributed by atoms with van der Waals surface area (Å²) < 4.78 is 1.41. The number of carbonyl (C=O) groups excluding carboxylic acids is 1. The molecule has 1 aromatic heterocycles. The molecule has 6 heteroatoms. The van der Waals surface area contributed by atoms with Crippen molar-refractivity contribution in [1.29, 1.82) is 0 Å². The third-order valence-electron chi connectivity index (χ3n) is 5.01. The van der Waals surface area contributed by atoms with E-state index in [1.54, 1.807) is 13.2 Å². The first-order valence-corrected chi connectivity index (χ1v) is 8.57. The molecule has 1 saturated heterocycles. The van der Waals surface area contributed by atoms with Gasteiger partial charge in [0.25, 0.3) is 5.56 Å². The van der Waals surface area contributed by atoms with Gasteiger partial charge in [0.1, 0.15) is 0 Å². The number of aryl methyl sites for hydroxylation is 1. The lowest BCUT2D eigenvalue weighted by Crippen LogP contribution is -2.45. The SMILES string of the molecule is Cn1ccnc(NC(=O)C2(C)CCN(Cc3ccccc3)CC2)c1=O. The summed E-state index contributed by atoms with van der Waals surface area (Å²) in [5.74, 6) is -0.0226. The molecule has 1 aliphatic rings. The average Bonchev–Trinajstić information content (AvgIpc) is 2.62. The molecule has 1 fully saturated rings. The van der Waals surface area contributed by atoms with Crippen LogP contribution in [0.5, 0.6) is 0 Å². The van der Waals surface area contributed by atoms with Crippen molar-refractivity contribution in [3.8, 4) is 0 Å². The van der Waals surface area contributed by atoms with Gasteiger partial charge in [0.05, 0.1) is 0 Å². The number of benzene rings is 1. The second kappa shape index (κ2) is 7.19. The molecule has 0 aliphatic carbocycles. The van der Waals surface area contributed by atoms with E-state index in [0.717, 1.165) is 32.5 Å². The summed E-state index contributed by atoms with van der Waals surface area (Å²) in [6, 6.07) is 10.4. The van der Waals surface area contributed by atoms with Gasteiger partial charge in [-0.15, -0.1) is 0 Å². The van der Waals surface area contributed by atoms with Crippen LogP contribution in [0.1, 0.15) is 25.3 Å². The van der Waals surface area contributed by atoms with Gasteiger partial charge in [-0.3, -0.25) is 14.5 Å². The van der Waals surface area contributed by atoms with Crippen LogP contribution in [0.4, 0.5) is 5.82 Å². The molecule has 0 spiro atoms. The van der Waals surface area contributed by atoms with Crippen molar-refractivity contribution in [2.24, 2.45) is 12.5 Å². The highest BCUT2D eigenvalue weighted by Gasteiger charge is 2.37. The van der Waals surface area contributed by atoms with Gasteiger partial charge in [0, 0.05) is 31.4 Å². The molecule has 1 aliphatic heterocycles. The van der Waals surface area contributed by atoms with Crippen molar-refractivity contribution in [3.63, 3.8) is 0 Å². The lowest BCUT2D eigenvalue weighted by atomic mass is 9.79. The zero-order valence-corrected chi connectivity index (χ0v) is 14.7. The average molecular weight is 340 g/mol. The lowest BCUT2D eigenvalue weighted by molar-refractivity contribution is -0.127. The first-order valence-electron chi connectivity index (χ1n) is 8.57. The number of hydrogen-bond acceptors (Lipinski definition) is 4. The second-order valence-electron chi connectivity index (χ2n) is 6.97. The fraction of sp³-hybridized carbons (Fsp3) is 0.421. The molecule has 0 radical (unpaired) electrons. The Bertz CT molecular complexity index is 793. The van der Waals surface area contributed by atoms with Crippen LogP contribution in [-0.4, -0.2) is 33.4 Å². The summed E-state index contributed by atoms with van der Waals surface area (Å²) in [6.45, 7) is 4.59. The second-order valence-corrected chi connectivity index (χ2v) is 6.97. The van der Waals surface area contributed by atoms with Crippen LogP contribution in [-0.2, 0) is 18.4 Å². The van der Waals surface area contributed by atoms with E-state index >= 15 is 0 Å². The highest BCUT2D eigenvalue weighted by atomic mass is 16.2. The Morgan fingerprint density at radius 3 is 2.60 bits per heavy atom. The van der Waals surface area contributed by atoms with Crippen LogP contribution in [0.3, 0.4) is 0 Å². The Kier molecular flexibility index (Phi) is 4.99. The number of likely N-dealkylation sites (tertiary alicyclic amines) is 1. The maximum Gasteiger partial charge on any atom is 0.293 e. The first kappa shape index (κ1) is 17.4. The zero-order valence-electron chi connectivity index (χ0n) is 14.7. The quantitative estimate of drug-likeness (QED) is 0.925. The number of piperidine rings is 1. The number of carbonyl (C=O) groups is 1. The van der Waals surface area contributed by atoms with E-state index in [4.69, 9.17) is 0 Å². The molecule has 2 heterocycles. The maximum absolute atomic E-state index is 12.7. The van der Waals surface area contributed by atoms with Crippen molar-refractivity contribution in [2.75, 3.05) is 18.4 Å². The summed E-state index contributed by atoms with van der Waals surface area (Å²) in [5, 5.41) is 2.72. The predicted octanol–water partition coefficient (Wildman–Crippen LogP) is 2.02. The molecule has 0 bridgehead atoms. The van der Waals surface area contributed by atoms with Crippen molar-refractivity contribution in [1.82, 2.24) is 14.5 Å². The van der Waals surface area contributed by atoms with Gasteiger partial charge in [-0.25, -0.2) is 4.98 Å². The van der Waals surface area contributed by atoms with Gasteiger partial charge in [-0.1, -0.05) is 37.3 Å². The van der Waals surface area contributed by atoms with E-state index in [1.807, 2.05) is 25.1 Å². The van der Waals surface area contributed by atoms with Gasteiger partial charge >= 0.3 is 0 Å². The molecule has 1 amide bonds. The summed E-state index contributed by atoms with van der Waals surface area (Å²) >= 11 is 0. The third-order valence-corrected chi connectivity index (χ3v) is 5.01. The predicted molar refractivity (Wildman–Crippen MR) is 97.2 cm³/mol. The highest BCUT2D eigenvalue weighted by molar-refractivity contribution is 5.94. The Balaban J connectivity index is 1.61. The van der Waals surface area contributed by atoms with Gasteiger partial charge in [0.2, 0.25) is 5.91 Å². The van der Waals surface area contributed by atoms with Gasteiger partial charge in [-0.05, 0) is 31.5 Å². The molecule has 2 aromatic rings. The molecule has 0 atom stereocenters. The Labute approximate surface area is 147 Å². The number of aromatic nitrogens is 2. The topological polar surface area (TPSA) is 67.2 Å². The molecule has 6 nitrogen and oxygen atoms in total. The van der Waals surface area contributed by atoms with Gasteiger partial charge in [-0.2, -0.15) is 0 Å². The highest BCUT2D eigenvalue weighted by Crippen LogP contribution is 2.32. The van der Waals surface area contributed by atoms with Crippen molar-refractivity contribution < 1.29 is 4.79 Å². The van der Waals surface area contributed by atoms with E-state index in [0.29, 0.717) is 0 Å². The zero-order chi connectivity index (χ0) is 17.9. The first-order chi connectivity index (χ1) is 12.0. The molecule has 25 heavy (non-hydrogen) atoms. The number of hydrogen-bond donors (Lipinski definition) is 1. The van der Waals surface area contributed by atoms with E-state index in [1.165, 1.54) is 16.3 Å². The number of nitrogens with zero attached hydrogens (tertiary/aromatic N) is 3. The molecular weight excluding hydrogens is 316 g/mol. The minimum absolute atomic E-state index is 0.0999. The standard InChI is InChI=1S/C19H24N4O2/c1-19(18(25)21-16-17(24)22(2)13-10-20-16)8-11-23(12-9-19)14-15-6-4-3-5-7-15/h3-7,10,13H,8-9,11-12,14H2,1-2H3,(H,20,21,25). The van der Waals surface area contributed by atoms with E-state index in [2.05, 4.69) is 27.3 Å². The Morgan fingerprint density at radius 1 is 1.24 bits per heavy atom. The van der Waals surface area contributed by atoms with E-state index in [9.17, 15) is 9.59 Å². The largest absolute Gasteiger partial charge is 0.314 e. The van der Waals surface area contributed by atoms with Crippen LogP contribution in [0.2, 0.25) is 0 Å².